The number of benzene rings is 2. The molecule has 0 spiro atoms. The number of rotatable bonds is 3. The first-order valence-electron chi connectivity index (χ1n) is 11.5. The molecule has 32 heavy (non-hydrogen) atoms. The van der Waals surface area contributed by atoms with Crippen molar-refractivity contribution in [2.75, 3.05) is 11.4 Å². The van der Waals surface area contributed by atoms with Crippen molar-refractivity contribution >= 4 is 46.0 Å². The van der Waals surface area contributed by atoms with Crippen LogP contribution in [0.25, 0.3) is 0 Å². The molecule has 0 N–H and O–H groups in total. The number of aliphatic imine (C=N–C) groups is 1. The lowest BCUT2D eigenvalue weighted by Gasteiger charge is -2.30. The van der Waals surface area contributed by atoms with Gasteiger partial charge in [-0.15, -0.1) is 0 Å². The minimum atomic E-state index is 0.123. The Balaban J connectivity index is 1.57. The molecule has 0 aromatic heterocycles. The highest BCUT2D eigenvalue weighted by Crippen LogP contribution is 2.51. The summed E-state index contributed by atoms with van der Waals surface area (Å²) >= 11 is 3.27. The Kier molecular flexibility index (Phi) is 6.08. The number of aryl methyl sites for hydroxylation is 2. The van der Waals surface area contributed by atoms with Crippen LogP contribution in [-0.4, -0.2) is 28.6 Å². The first-order chi connectivity index (χ1) is 15.6. The van der Waals surface area contributed by atoms with E-state index in [1.165, 1.54) is 41.0 Å². The molecule has 1 saturated carbocycles. The van der Waals surface area contributed by atoms with Crippen LogP contribution >= 0.6 is 23.5 Å². The van der Waals surface area contributed by atoms with E-state index in [4.69, 9.17) is 4.99 Å². The molecule has 2 aromatic carbocycles. The van der Waals surface area contributed by atoms with E-state index in [1.54, 1.807) is 23.5 Å². The van der Waals surface area contributed by atoms with Crippen molar-refractivity contribution < 1.29 is 4.79 Å². The predicted molar refractivity (Wildman–Crippen MR) is 137 cm³/mol. The zero-order valence-electron chi connectivity index (χ0n) is 18.9. The fourth-order valence-electron chi connectivity index (χ4n) is 4.68. The first kappa shape index (κ1) is 21.7. The number of amides is 1. The molecular weight excluding hydrogens is 434 g/mol. The van der Waals surface area contributed by atoms with Crippen LogP contribution in [0.3, 0.4) is 0 Å². The molecule has 2 aromatic rings. The fraction of sp³-hybridized carbons (Fsp3) is 0.385. The maximum atomic E-state index is 13.9. The van der Waals surface area contributed by atoms with E-state index in [0.29, 0.717) is 0 Å². The first-order valence-corrected chi connectivity index (χ1v) is 13.2. The normalized spacial score (nSPS) is 22.8. The molecule has 0 atom stereocenters. The molecule has 0 radical (unpaired) electrons. The summed E-state index contributed by atoms with van der Waals surface area (Å²) in [6, 6.07) is 15.0. The lowest BCUT2D eigenvalue weighted by atomic mass is 9.94. The van der Waals surface area contributed by atoms with Gasteiger partial charge in [0, 0.05) is 17.5 Å². The number of hydrogen-bond acceptors (Lipinski definition) is 5. The molecular formula is C26H29N3OS2. The van der Waals surface area contributed by atoms with E-state index in [-0.39, 0.29) is 11.9 Å². The van der Waals surface area contributed by atoms with Crippen LogP contribution in [0.5, 0.6) is 0 Å². The number of amidine groups is 1. The molecule has 1 aliphatic carbocycles. The van der Waals surface area contributed by atoms with Gasteiger partial charge in [0.2, 0.25) is 0 Å². The maximum absolute atomic E-state index is 13.9. The van der Waals surface area contributed by atoms with Crippen molar-refractivity contribution in [3.8, 4) is 0 Å². The van der Waals surface area contributed by atoms with E-state index in [1.807, 2.05) is 4.90 Å². The molecule has 1 amide bonds. The number of thioether (sulfide) groups is 2. The van der Waals surface area contributed by atoms with Crippen molar-refractivity contribution in [1.82, 2.24) is 4.90 Å². The van der Waals surface area contributed by atoms with Gasteiger partial charge in [-0.3, -0.25) is 9.69 Å². The summed E-state index contributed by atoms with van der Waals surface area (Å²) in [4.78, 5) is 25.2. The van der Waals surface area contributed by atoms with Crippen LogP contribution in [0, 0.1) is 13.8 Å². The third kappa shape index (κ3) is 3.88. The van der Waals surface area contributed by atoms with Crippen LogP contribution in [0.15, 0.2) is 62.3 Å². The second-order valence-electron chi connectivity index (χ2n) is 8.68. The number of carbonyl (C=O) groups is 1. The lowest BCUT2D eigenvalue weighted by Crippen LogP contribution is -2.40. The van der Waals surface area contributed by atoms with Crippen molar-refractivity contribution in [1.29, 1.82) is 0 Å². The highest BCUT2D eigenvalue weighted by atomic mass is 32.2. The van der Waals surface area contributed by atoms with Crippen molar-refractivity contribution in [2.45, 2.75) is 63.8 Å². The van der Waals surface area contributed by atoms with Gasteiger partial charge in [0.05, 0.1) is 11.4 Å². The molecule has 166 valence electrons. The number of anilines is 1. The number of nitrogens with zero attached hydrogens (tertiary/aromatic N) is 3. The van der Waals surface area contributed by atoms with Crippen molar-refractivity contribution in [3.63, 3.8) is 0 Å². The summed E-state index contributed by atoms with van der Waals surface area (Å²) in [5.41, 5.74) is 4.60. The topological polar surface area (TPSA) is 35.9 Å². The second kappa shape index (κ2) is 8.99. The average molecular weight is 464 g/mol. The number of fused-ring (bicyclic) bond motifs is 1. The van der Waals surface area contributed by atoms with Crippen molar-refractivity contribution in [3.05, 3.63) is 63.5 Å². The van der Waals surface area contributed by atoms with E-state index in [0.717, 1.165) is 40.2 Å². The molecule has 0 bridgehead atoms. The third-order valence-electron chi connectivity index (χ3n) is 6.59. The monoisotopic (exact) mass is 463 g/mol. The Morgan fingerprint density at radius 3 is 2.53 bits per heavy atom. The predicted octanol–water partition coefficient (Wildman–Crippen LogP) is 7.00. The van der Waals surface area contributed by atoms with Gasteiger partial charge in [0.1, 0.15) is 9.93 Å². The minimum absolute atomic E-state index is 0.123. The van der Waals surface area contributed by atoms with E-state index in [2.05, 4.69) is 68.1 Å². The van der Waals surface area contributed by atoms with Gasteiger partial charge >= 0.3 is 0 Å². The van der Waals surface area contributed by atoms with Gasteiger partial charge in [-0.1, -0.05) is 49.2 Å². The van der Waals surface area contributed by atoms with Crippen LogP contribution in [0.1, 0.15) is 50.2 Å². The molecule has 3 aliphatic rings. The number of hydrogen-bond donors (Lipinski definition) is 0. The SMILES string of the molecule is CCN1C(=C2SC(=Nc3ccc(C)c(C)c3)N(C3CCCCC3)C2=O)Sc2ccccc21. The summed E-state index contributed by atoms with van der Waals surface area (Å²) in [5, 5.41) is 1.88. The maximum Gasteiger partial charge on any atom is 0.269 e. The number of para-hydroxylation sites is 1. The van der Waals surface area contributed by atoms with E-state index >= 15 is 0 Å². The quantitative estimate of drug-likeness (QED) is 0.459. The summed E-state index contributed by atoms with van der Waals surface area (Å²) in [6.07, 6.45) is 5.75. The molecule has 2 aliphatic heterocycles. The van der Waals surface area contributed by atoms with Crippen molar-refractivity contribution in [2.24, 2.45) is 4.99 Å². The fourth-order valence-corrected chi connectivity index (χ4v) is 7.13. The van der Waals surface area contributed by atoms with E-state index < -0.39 is 0 Å². The molecule has 4 nitrogen and oxygen atoms in total. The largest absolute Gasteiger partial charge is 0.334 e. The van der Waals surface area contributed by atoms with Crippen LogP contribution in [-0.2, 0) is 4.79 Å². The van der Waals surface area contributed by atoms with Gasteiger partial charge in [0.15, 0.2) is 5.17 Å². The van der Waals surface area contributed by atoms with Gasteiger partial charge in [-0.25, -0.2) is 4.99 Å². The van der Waals surface area contributed by atoms with Crippen LogP contribution in [0.2, 0.25) is 0 Å². The second-order valence-corrected chi connectivity index (χ2v) is 10.7. The zero-order valence-corrected chi connectivity index (χ0v) is 20.6. The lowest BCUT2D eigenvalue weighted by molar-refractivity contribution is -0.124. The van der Waals surface area contributed by atoms with Crippen LogP contribution in [0.4, 0.5) is 11.4 Å². The summed E-state index contributed by atoms with van der Waals surface area (Å²) in [7, 11) is 0. The van der Waals surface area contributed by atoms with Crippen LogP contribution < -0.4 is 4.90 Å². The zero-order chi connectivity index (χ0) is 22.2. The molecule has 0 unspecified atom stereocenters. The molecule has 2 heterocycles. The van der Waals surface area contributed by atoms with E-state index in [9.17, 15) is 4.79 Å². The van der Waals surface area contributed by atoms with Gasteiger partial charge in [-0.2, -0.15) is 0 Å². The Bertz CT molecular complexity index is 1120. The minimum Gasteiger partial charge on any atom is -0.334 e. The summed E-state index contributed by atoms with van der Waals surface area (Å²) < 4.78 is 0. The molecule has 5 rings (SSSR count). The Labute approximate surface area is 199 Å². The summed E-state index contributed by atoms with van der Waals surface area (Å²) in [5.74, 6) is 0.123. The highest BCUT2D eigenvalue weighted by molar-refractivity contribution is 8.19. The third-order valence-corrected chi connectivity index (χ3v) is 8.94. The highest BCUT2D eigenvalue weighted by Gasteiger charge is 2.42. The Hall–Kier alpha value is -2.18. The Morgan fingerprint density at radius 1 is 1.00 bits per heavy atom. The number of carbonyl (C=O) groups excluding carboxylic acids is 1. The molecule has 2 fully saturated rings. The average Bonchev–Trinajstić information content (AvgIpc) is 3.33. The molecule has 1 saturated heterocycles. The van der Waals surface area contributed by atoms with Gasteiger partial charge in [0.25, 0.3) is 5.91 Å². The standard InChI is InChI=1S/C26H29N3OS2/c1-4-28-21-12-8-9-13-22(21)31-25(28)23-24(30)29(20-10-6-5-7-11-20)26(32-23)27-19-15-14-17(2)18(3)16-19/h8-9,12-16,20H,4-7,10-11H2,1-3H3. The Morgan fingerprint density at radius 2 is 1.78 bits per heavy atom. The smallest absolute Gasteiger partial charge is 0.269 e. The van der Waals surface area contributed by atoms with Gasteiger partial charge in [-0.05, 0) is 80.8 Å². The van der Waals surface area contributed by atoms with Gasteiger partial charge < -0.3 is 4.90 Å². The molecule has 6 heteroatoms. The summed E-state index contributed by atoms with van der Waals surface area (Å²) in [6.45, 7) is 7.22.